The van der Waals surface area contributed by atoms with E-state index in [4.69, 9.17) is 6.57 Å². The number of esters is 1. The number of hydrogen-bond donors (Lipinski definition) is 1. The summed E-state index contributed by atoms with van der Waals surface area (Å²) in [5.41, 5.74) is -0.502. The average molecular weight is 182 g/mol. The Bertz CT molecular complexity index is 226. The van der Waals surface area contributed by atoms with Crippen LogP contribution in [0.2, 0.25) is 0 Å². The van der Waals surface area contributed by atoms with E-state index in [9.17, 15) is 4.79 Å². The van der Waals surface area contributed by atoms with E-state index in [2.05, 4.69) is 14.9 Å². The molecule has 0 aromatic heterocycles. The van der Waals surface area contributed by atoms with Crippen LogP contribution in [-0.2, 0) is 9.53 Å². The van der Waals surface area contributed by atoms with E-state index >= 15 is 0 Å². The molecule has 13 heavy (non-hydrogen) atoms. The molecule has 1 N–H and O–H groups in total. The summed E-state index contributed by atoms with van der Waals surface area (Å²) in [7, 11) is 1.36. The lowest BCUT2D eigenvalue weighted by atomic mass is 9.86. The van der Waals surface area contributed by atoms with Gasteiger partial charge < -0.3 is 14.9 Å². The molecule has 1 rings (SSSR count). The van der Waals surface area contributed by atoms with Gasteiger partial charge in [0.05, 0.1) is 7.11 Å². The van der Waals surface area contributed by atoms with E-state index in [0.717, 1.165) is 25.9 Å². The number of hydrogen-bond acceptors (Lipinski definition) is 3. The molecule has 1 aliphatic rings. The van der Waals surface area contributed by atoms with Gasteiger partial charge in [-0.05, 0) is 0 Å². The van der Waals surface area contributed by atoms with Crippen molar-refractivity contribution in [2.24, 2.45) is 0 Å². The van der Waals surface area contributed by atoms with Crippen molar-refractivity contribution in [3.8, 4) is 0 Å². The third-order valence-corrected chi connectivity index (χ3v) is 2.47. The molecule has 72 valence electrons. The van der Waals surface area contributed by atoms with Crippen molar-refractivity contribution >= 4 is 5.97 Å². The lowest BCUT2D eigenvalue weighted by Crippen LogP contribution is -2.41. The molecule has 1 heterocycles. The number of carbonyl (C=O) groups excluding carboxylic acids is 1. The molecule has 4 heteroatoms. The molecular formula is C9H14N2O2. The Morgan fingerprint density at radius 3 is 2.69 bits per heavy atom. The van der Waals surface area contributed by atoms with Gasteiger partial charge in [0.15, 0.2) is 0 Å². The Morgan fingerprint density at radius 1 is 1.62 bits per heavy atom. The van der Waals surface area contributed by atoms with Crippen molar-refractivity contribution < 1.29 is 9.53 Å². The van der Waals surface area contributed by atoms with Crippen LogP contribution in [0.5, 0.6) is 0 Å². The molecule has 0 aromatic rings. The highest BCUT2D eigenvalue weighted by atomic mass is 16.5. The molecule has 0 aromatic carbocycles. The predicted molar refractivity (Wildman–Crippen MR) is 48.1 cm³/mol. The van der Waals surface area contributed by atoms with Crippen LogP contribution in [0.15, 0.2) is 0 Å². The zero-order valence-electron chi connectivity index (χ0n) is 7.80. The van der Waals surface area contributed by atoms with Crippen LogP contribution in [0.4, 0.5) is 0 Å². The molecule has 0 saturated carbocycles. The quantitative estimate of drug-likeness (QED) is 0.502. The smallest absolute Gasteiger partial charge is 0.313 e. The molecule has 0 radical (unpaired) electrons. The fourth-order valence-electron chi connectivity index (χ4n) is 1.56. The fourth-order valence-corrected chi connectivity index (χ4v) is 1.56. The third-order valence-electron chi connectivity index (χ3n) is 2.47. The molecule has 1 saturated heterocycles. The number of piperidine rings is 1. The van der Waals surface area contributed by atoms with E-state index in [0.29, 0.717) is 0 Å². The molecule has 4 nitrogen and oxygen atoms in total. The maximum Gasteiger partial charge on any atom is 0.313 e. The molecule has 1 aliphatic heterocycles. The van der Waals surface area contributed by atoms with Crippen LogP contribution >= 0.6 is 0 Å². The first-order valence-corrected chi connectivity index (χ1v) is 4.39. The second-order valence-corrected chi connectivity index (χ2v) is 3.34. The van der Waals surface area contributed by atoms with Gasteiger partial charge in [0.2, 0.25) is 5.54 Å². The molecule has 0 unspecified atom stereocenters. The molecule has 0 bridgehead atoms. The van der Waals surface area contributed by atoms with Gasteiger partial charge in [-0.2, -0.15) is 0 Å². The van der Waals surface area contributed by atoms with Crippen molar-refractivity contribution in [2.45, 2.75) is 24.8 Å². The van der Waals surface area contributed by atoms with E-state index in [1.807, 2.05) is 0 Å². The standard InChI is InChI=1S/C9H14N2O2/c1-10-9(7-8(12)13-2)3-5-11-6-4-9/h11H,3-7H2,2H3. The van der Waals surface area contributed by atoms with Crippen LogP contribution in [0.3, 0.4) is 0 Å². The number of methoxy groups -OCH3 is 1. The highest BCUT2D eigenvalue weighted by Gasteiger charge is 2.40. The molecule has 0 atom stereocenters. The Morgan fingerprint density at radius 2 is 2.23 bits per heavy atom. The van der Waals surface area contributed by atoms with Crippen LogP contribution in [0.25, 0.3) is 4.85 Å². The summed E-state index contributed by atoms with van der Waals surface area (Å²) in [4.78, 5) is 14.6. The normalized spacial score (nSPS) is 20.3. The minimum absolute atomic E-state index is 0.231. The van der Waals surface area contributed by atoms with Crippen molar-refractivity contribution in [1.82, 2.24) is 5.32 Å². The Balaban J connectivity index is 2.59. The number of nitrogens with one attached hydrogen (secondary N) is 1. The fraction of sp³-hybridized carbons (Fsp3) is 0.778. The van der Waals surface area contributed by atoms with Gasteiger partial charge in [0.1, 0.15) is 6.42 Å². The van der Waals surface area contributed by atoms with Crippen LogP contribution < -0.4 is 5.32 Å². The summed E-state index contributed by atoms with van der Waals surface area (Å²) in [6.07, 6.45) is 1.71. The Labute approximate surface area is 78.1 Å². The summed E-state index contributed by atoms with van der Waals surface area (Å²) in [6, 6.07) is 0. The SMILES string of the molecule is [C-]#[N+]C1(CC(=O)OC)CCNCC1. The highest BCUT2D eigenvalue weighted by molar-refractivity contribution is 5.71. The lowest BCUT2D eigenvalue weighted by Gasteiger charge is -2.25. The van der Waals surface area contributed by atoms with Crippen molar-refractivity contribution in [2.75, 3.05) is 20.2 Å². The summed E-state index contributed by atoms with van der Waals surface area (Å²) in [5.74, 6) is -0.280. The van der Waals surface area contributed by atoms with Gasteiger partial charge in [0, 0.05) is 25.9 Å². The Hall–Kier alpha value is -1.08. The second-order valence-electron chi connectivity index (χ2n) is 3.34. The highest BCUT2D eigenvalue weighted by Crippen LogP contribution is 2.27. The van der Waals surface area contributed by atoms with Crippen LogP contribution in [0.1, 0.15) is 19.3 Å². The van der Waals surface area contributed by atoms with Crippen molar-refractivity contribution in [1.29, 1.82) is 0 Å². The van der Waals surface area contributed by atoms with E-state index < -0.39 is 5.54 Å². The van der Waals surface area contributed by atoms with E-state index in [1.54, 1.807) is 0 Å². The monoisotopic (exact) mass is 182 g/mol. The van der Waals surface area contributed by atoms with E-state index in [1.165, 1.54) is 7.11 Å². The largest absolute Gasteiger partial charge is 0.469 e. The number of ether oxygens (including phenoxy) is 1. The first-order chi connectivity index (χ1) is 6.22. The van der Waals surface area contributed by atoms with Gasteiger partial charge in [-0.25, -0.2) is 6.57 Å². The maximum atomic E-state index is 11.1. The van der Waals surface area contributed by atoms with Gasteiger partial charge in [-0.15, -0.1) is 0 Å². The molecule has 0 amide bonds. The molecule has 1 fully saturated rings. The number of carbonyl (C=O) groups is 1. The first-order valence-electron chi connectivity index (χ1n) is 4.39. The van der Waals surface area contributed by atoms with Gasteiger partial charge in [0.25, 0.3) is 0 Å². The minimum atomic E-state index is -0.502. The van der Waals surface area contributed by atoms with Gasteiger partial charge >= 0.3 is 5.97 Å². The van der Waals surface area contributed by atoms with Crippen molar-refractivity contribution in [3.05, 3.63) is 11.4 Å². The number of rotatable bonds is 2. The molecule has 0 spiro atoms. The average Bonchev–Trinajstić information content (AvgIpc) is 2.19. The molecular weight excluding hydrogens is 168 g/mol. The third kappa shape index (κ3) is 2.43. The van der Waals surface area contributed by atoms with Crippen LogP contribution in [-0.4, -0.2) is 31.7 Å². The van der Waals surface area contributed by atoms with E-state index in [-0.39, 0.29) is 12.4 Å². The summed E-state index contributed by atoms with van der Waals surface area (Å²) >= 11 is 0. The topological polar surface area (TPSA) is 42.7 Å². The lowest BCUT2D eigenvalue weighted by molar-refractivity contribution is -0.141. The maximum absolute atomic E-state index is 11.1. The predicted octanol–water partition coefficient (Wildman–Crippen LogP) is 0.591. The minimum Gasteiger partial charge on any atom is -0.469 e. The second kappa shape index (κ2) is 4.24. The van der Waals surface area contributed by atoms with Gasteiger partial charge in [-0.3, -0.25) is 4.79 Å². The summed E-state index contributed by atoms with van der Waals surface area (Å²) in [6.45, 7) is 8.74. The number of nitrogens with zero attached hydrogens (tertiary/aromatic N) is 1. The summed E-state index contributed by atoms with van der Waals surface area (Å²) < 4.78 is 4.58. The van der Waals surface area contributed by atoms with Gasteiger partial charge in [-0.1, -0.05) is 0 Å². The zero-order valence-corrected chi connectivity index (χ0v) is 7.80. The summed E-state index contributed by atoms with van der Waals surface area (Å²) in [5, 5.41) is 3.17. The Kier molecular flexibility index (Phi) is 3.26. The molecule has 0 aliphatic carbocycles. The van der Waals surface area contributed by atoms with Crippen molar-refractivity contribution in [3.63, 3.8) is 0 Å². The van der Waals surface area contributed by atoms with Crippen LogP contribution in [0, 0.1) is 6.57 Å². The zero-order chi connectivity index (χ0) is 9.73. The first kappa shape index (κ1) is 10.0.